The summed E-state index contributed by atoms with van der Waals surface area (Å²) in [7, 11) is -4.34. The number of carbonyl (C=O) groups excluding carboxylic acids is 1. The van der Waals surface area contributed by atoms with Crippen molar-refractivity contribution in [2.45, 2.75) is 49.9 Å². The van der Waals surface area contributed by atoms with E-state index in [2.05, 4.69) is 23.1 Å². The van der Waals surface area contributed by atoms with Crippen LogP contribution < -0.4 is 4.72 Å². The first kappa shape index (κ1) is 27.4. The zero-order chi connectivity index (χ0) is 28.8. The highest BCUT2D eigenvalue weighted by Gasteiger charge is 2.44. The molecule has 0 fully saturated rings. The second kappa shape index (κ2) is 10.6. The van der Waals surface area contributed by atoms with Crippen LogP contribution in [0.1, 0.15) is 51.1 Å². The third kappa shape index (κ3) is 5.09. The summed E-state index contributed by atoms with van der Waals surface area (Å²) in [4.78, 5) is 22.6. The van der Waals surface area contributed by atoms with E-state index < -0.39 is 20.0 Å². The topological polar surface area (TPSA) is 93.9 Å². The smallest absolute Gasteiger partial charge is 0.291 e. The molecule has 0 bridgehead atoms. The Bertz CT molecular complexity index is 1860. The molecular formula is C32H30N4O3S2. The van der Waals surface area contributed by atoms with Crippen molar-refractivity contribution in [3.8, 4) is 0 Å². The molecule has 1 unspecified atom stereocenters. The Kier molecular flexibility index (Phi) is 7.05. The number of carbonyl (C=O) groups is 1. The van der Waals surface area contributed by atoms with Crippen molar-refractivity contribution in [3.05, 3.63) is 124 Å². The number of aromatic nitrogens is 3. The zero-order valence-corrected chi connectivity index (χ0v) is 24.7. The van der Waals surface area contributed by atoms with Crippen LogP contribution in [0.2, 0.25) is 0 Å². The van der Waals surface area contributed by atoms with Crippen molar-refractivity contribution < 1.29 is 13.2 Å². The molecule has 3 heterocycles. The Hall–Kier alpha value is -3.79. The molecule has 5 aromatic rings. The highest BCUT2D eigenvalue weighted by molar-refractivity contribution is 8.06. The monoisotopic (exact) mass is 582 g/mol. The number of thioether (sulfide) groups is 1. The molecule has 0 radical (unpaired) electrons. The Balaban J connectivity index is 1.35. The van der Waals surface area contributed by atoms with Gasteiger partial charge in [-0.05, 0) is 48.2 Å². The lowest BCUT2D eigenvalue weighted by molar-refractivity contribution is 0.107. The van der Waals surface area contributed by atoms with Gasteiger partial charge in [0, 0.05) is 29.0 Å². The second-order valence-electron chi connectivity index (χ2n) is 10.4. The third-order valence-electron chi connectivity index (χ3n) is 7.43. The van der Waals surface area contributed by atoms with Crippen molar-refractivity contribution >= 4 is 38.1 Å². The van der Waals surface area contributed by atoms with E-state index in [0.717, 1.165) is 56.3 Å². The number of sulfonamides is 1. The van der Waals surface area contributed by atoms with Crippen LogP contribution in [0.4, 0.5) is 0 Å². The molecule has 41 heavy (non-hydrogen) atoms. The molecule has 1 aliphatic rings. The molecule has 1 aliphatic heterocycles. The van der Waals surface area contributed by atoms with Gasteiger partial charge in [0.15, 0.2) is 5.65 Å². The van der Waals surface area contributed by atoms with E-state index in [9.17, 15) is 13.2 Å². The number of hydrogen-bond acceptors (Lipinski definition) is 6. The summed E-state index contributed by atoms with van der Waals surface area (Å²) in [5.74, 6) is 0.968. The number of imidazole rings is 1. The fourth-order valence-electron chi connectivity index (χ4n) is 5.46. The van der Waals surface area contributed by atoms with Gasteiger partial charge in [0.25, 0.3) is 15.1 Å². The van der Waals surface area contributed by atoms with Crippen LogP contribution in [0.15, 0.2) is 89.8 Å². The van der Waals surface area contributed by atoms with Crippen molar-refractivity contribution in [1.82, 2.24) is 19.3 Å². The molecule has 0 saturated heterocycles. The van der Waals surface area contributed by atoms with Gasteiger partial charge in [0.2, 0.25) is 0 Å². The maximum absolute atomic E-state index is 13.5. The van der Waals surface area contributed by atoms with Gasteiger partial charge in [-0.2, -0.15) is 4.72 Å². The summed E-state index contributed by atoms with van der Waals surface area (Å²) >= 11 is 1.43. The van der Waals surface area contributed by atoms with Gasteiger partial charge in [-0.3, -0.25) is 4.79 Å². The van der Waals surface area contributed by atoms with E-state index >= 15 is 0 Å². The van der Waals surface area contributed by atoms with Crippen molar-refractivity contribution in [1.29, 1.82) is 0 Å². The van der Waals surface area contributed by atoms with E-state index in [1.54, 1.807) is 18.2 Å². The van der Waals surface area contributed by atoms with Gasteiger partial charge < -0.3 is 4.57 Å². The van der Waals surface area contributed by atoms with Gasteiger partial charge in [0.1, 0.15) is 16.2 Å². The number of fused-ring (bicyclic) bond motifs is 2. The van der Waals surface area contributed by atoms with Crippen molar-refractivity contribution in [3.63, 3.8) is 0 Å². The Morgan fingerprint density at radius 1 is 0.976 bits per heavy atom. The van der Waals surface area contributed by atoms with E-state index in [0.29, 0.717) is 13.0 Å². The SMILES string of the molecule is CCc1nc2c(C)cc(C)nc2n1Cc1ccc(C2(NS(=O)(=O)C(=O)c3ccccc3)Cc3ccccc3S2)cc1. The second-order valence-corrected chi connectivity index (χ2v) is 13.3. The highest BCUT2D eigenvalue weighted by atomic mass is 32.2. The molecule has 1 N–H and O–H groups in total. The van der Waals surface area contributed by atoms with Crippen molar-refractivity contribution in [2.75, 3.05) is 0 Å². The molecule has 7 nitrogen and oxygen atoms in total. The average molecular weight is 583 g/mol. The van der Waals surface area contributed by atoms with Crippen molar-refractivity contribution in [2.24, 2.45) is 0 Å². The largest absolute Gasteiger partial charge is 0.308 e. The van der Waals surface area contributed by atoms with Gasteiger partial charge >= 0.3 is 0 Å². The fourth-order valence-corrected chi connectivity index (χ4v) is 8.39. The lowest BCUT2D eigenvalue weighted by Crippen LogP contribution is -2.45. The summed E-state index contributed by atoms with van der Waals surface area (Å²) in [6.07, 6.45) is 1.20. The maximum Gasteiger partial charge on any atom is 0.291 e. The molecule has 0 saturated carbocycles. The van der Waals surface area contributed by atoms with E-state index in [1.807, 2.05) is 61.5 Å². The number of pyridine rings is 1. The minimum Gasteiger partial charge on any atom is -0.308 e. The molecule has 0 amide bonds. The molecule has 208 valence electrons. The lowest BCUT2D eigenvalue weighted by Gasteiger charge is -2.29. The first-order valence-corrected chi connectivity index (χ1v) is 15.8. The number of aryl methyl sites for hydroxylation is 3. The molecule has 1 atom stereocenters. The van der Waals surface area contributed by atoms with Gasteiger partial charge in [-0.1, -0.05) is 91.5 Å². The quantitative estimate of drug-likeness (QED) is 0.256. The van der Waals surface area contributed by atoms with Crippen LogP contribution in [0.25, 0.3) is 11.2 Å². The van der Waals surface area contributed by atoms with Crippen LogP contribution >= 0.6 is 11.8 Å². The van der Waals surface area contributed by atoms with Crippen LogP contribution in [-0.2, 0) is 34.3 Å². The van der Waals surface area contributed by atoms with Crippen LogP contribution in [0.5, 0.6) is 0 Å². The number of nitrogens with zero attached hydrogens (tertiary/aromatic N) is 3. The molecule has 2 aromatic heterocycles. The summed E-state index contributed by atoms with van der Waals surface area (Å²) in [5.41, 5.74) is 6.83. The minimum absolute atomic E-state index is 0.129. The van der Waals surface area contributed by atoms with Gasteiger partial charge in [-0.15, -0.1) is 0 Å². The highest BCUT2D eigenvalue weighted by Crippen LogP contribution is 2.50. The Labute approximate surface area is 244 Å². The summed E-state index contributed by atoms with van der Waals surface area (Å²) in [5, 5.41) is -0.942. The standard InChI is InChI=1S/C32H30N4O3S2/c1-4-28-34-29-21(2)18-22(3)33-30(29)36(28)20-23-14-16-26(17-15-23)32(19-25-12-8-9-13-27(25)40-32)35-41(38,39)31(37)24-10-6-5-7-11-24/h5-18,35H,4,19-20H2,1-3H3. The van der Waals surface area contributed by atoms with Crippen LogP contribution in [0, 0.1) is 13.8 Å². The molecule has 9 heteroatoms. The Morgan fingerprint density at radius 2 is 1.68 bits per heavy atom. The third-order valence-corrected chi connectivity index (χ3v) is 10.3. The van der Waals surface area contributed by atoms with Crippen LogP contribution in [-0.4, -0.2) is 28.1 Å². The first-order chi connectivity index (χ1) is 19.7. The summed E-state index contributed by atoms with van der Waals surface area (Å²) in [6, 6.07) is 25.9. The fraction of sp³-hybridized carbons (Fsp3) is 0.219. The predicted molar refractivity (Wildman–Crippen MR) is 162 cm³/mol. The summed E-state index contributed by atoms with van der Waals surface area (Å²) in [6.45, 7) is 6.73. The van der Waals surface area contributed by atoms with Gasteiger partial charge in [0.05, 0.1) is 6.54 Å². The van der Waals surface area contributed by atoms with E-state index in [-0.39, 0.29) is 5.56 Å². The number of benzene rings is 3. The lowest BCUT2D eigenvalue weighted by atomic mass is 9.98. The number of hydrogen-bond donors (Lipinski definition) is 1. The molecule has 0 spiro atoms. The number of rotatable bonds is 7. The summed E-state index contributed by atoms with van der Waals surface area (Å²) < 4.78 is 31.9. The number of nitrogens with one attached hydrogen (secondary N) is 1. The van der Waals surface area contributed by atoms with E-state index in [1.165, 1.54) is 23.9 Å². The maximum atomic E-state index is 13.5. The molecule has 6 rings (SSSR count). The van der Waals surface area contributed by atoms with E-state index in [4.69, 9.17) is 9.97 Å². The first-order valence-electron chi connectivity index (χ1n) is 13.5. The molecular weight excluding hydrogens is 553 g/mol. The average Bonchev–Trinajstić information content (AvgIpc) is 3.51. The van der Waals surface area contributed by atoms with Gasteiger partial charge in [-0.25, -0.2) is 18.4 Å². The molecule has 3 aromatic carbocycles. The molecule has 0 aliphatic carbocycles. The normalized spacial score (nSPS) is 16.7. The predicted octanol–water partition coefficient (Wildman–Crippen LogP) is 5.92. The van der Waals surface area contributed by atoms with Crippen LogP contribution in [0.3, 0.4) is 0 Å². The Morgan fingerprint density at radius 3 is 2.39 bits per heavy atom. The zero-order valence-electron chi connectivity index (χ0n) is 23.1. The minimum atomic E-state index is -4.34.